The Morgan fingerprint density at radius 3 is 2.00 bits per heavy atom. The van der Waals surface area contributed by atoms with Gasteiger partial charge in [0, 0.05) is 26.3 Å². The largest absolute Gasteiger partial charge is 0.460 e. The van der Waals surface area contributed by atoms with Crippen molar-refractivity contribution in [2.24, 2.45) is 0 Å². The van der Waals surface area contributed by atoms with E-state index in [1.54, 1.807) is 24.8 Å². The molecule has 4 rings (SSSR count). The minimum absolute atomic E-state index is 0.657. The standard InChI is InChI=1S/C19H12Br2N4O2/c20-17-7-3-1-5-15(17)13-9-22-24(11-13)19(26)27-25-12-14(10-23-25)16-6-2-4-8-18(16)21/h1-12H. The van der Waals surface area contributed by atoms with Crippen LogP contribution in [-0.2, 0) is 0 Å². The van der Waals surface area contributed by atoms with E-state index in [1.807, 2.05) is 48.5 Å². The third kappa shape index (κ3) is 3.72. The van der Waals surface area contributed by atoms with E-state index in [1.165, 1.54) is 0 Å². The van der Waals surface area contributed by atoms with Gasteiger partial charge in [0.15, 0.2) is 0 Å². The van der Waals surface area contributed by atoms with Gasteiger partial charge in [-0.1, -0.05) is 73.1 Å². The normalized spacial score (nSPS) is 10.7. The van der Waals surface area contributed by atoms with Crippen molar-refractivity contribution in [1.82, 2.24) is 19.7 Å². The molecule has 0 atom stereocenters. The van der Waals surface area contributed by atoms with E-state index >= 15 is 0 Å². The smallest absolute Gasteiger partial charge is 0.297 e. The van der Waals surface area contributed by atoms with Crippen molar-refractivity contribution in [2.75, 3.05) is 0 Å². The Kier molecular flexibility index (Phi) is 4.91. The quantitative estimate of drug-likeness (QED) is 0.406. The Labute approximate surface area is 171 Å². The maximum absolute atomic E-state index is 12.4. The molecular formula is C19H12Br2N4O2. The first-order valence-corrected chi connectivity index (χ1v) is 9.52. The molecule has 0 saturated heterocycles. The molecule has 134 valence electrons. The molecule has 8 heteroatoms. The predicted molar refractivity (Wildman–Crippen MR) is 108 cm³/mol. The van der Waals surface area contributed by atoms with E-state index in [-0.39, 0.29) is 0 Å². The van der Waals surface area contributed by atoms with Gasteiger partial charge in [0.05, 0.1) is 18.6 Å². The van der Waals surface area contributed by atoms with Crippen molar-refractivity contribution in [2.45, 2.75) is 0 Å². The molecule has 2 aromatic carbocycles. The van der Waals surface area contributed by atoms with Crippen LogP contribution in [0.2, 0.25) is 0 Å². The number of aromatic nitrogens is 4. The summed E-state index contributed by atoms with van der Waals surface area (Å²) in [6, 6.07) is 15.5. The van der Waals surface area contributed by atoms with Crippen LogP contribution in [0.15, 0.2) is 82.3 Å². The first kappa shape index (κ1) is 17.7. The molecule has 0 aliphatic rings. The summed E-state index contributed by atoms with van der Waals surface area (Å²) in [6.07, 6.45) is 5.83. The van der Waals surface area contributed by atoms with Crippen LogP contribution in [0.5, 0.6) is 0 Å². The van der Waals surface area contributed by atoms with Crippen LogP contribution in [0.3, 0.4) is 0 Å². The molecule has 0 radical (unpaired) electrons. The van der Waals surface area contributed by atoms with Gasteiger partial charge in [0.1, 0.15) is 0 Å². The molecule has 2 heterocycles. The maximum atomic E-state index is 12.4. The summed E-state index contributed by atoms with van der Waals surface area (Å²) in [6.45, 7) is 0. The van der Waals surface area contributed by atoms with Gasteiger partial charge in [0.25, 0.3) is 0 Å². The Hall–Kier alpha value is -2.71. The van der Waals surface area contributed by atoms with Crippen molar-refractivity contribution >= 4 is 38.0 Å². The first-order valence-electron chi connectivity index (χ1n) is 7.93. The van der Waals surface area contributed by atoms with E-state index in [9.17, 15) is 4.79 Å². The summed E-state index contributed by atoms with van der Waals surface area (Å²) in [5.41, 5.74) is 3.51. The fourth-order valence-corrected chi connectivity index (χ4v) is 3.60. The lowest BCUT2D eigenvalue weighted by Crippen LogP contribution is -2.25. The monoisotopic (exact) mass is 486 g/mol. The van der Waals surface area contributed by atoms with Gasteiger partial charge in [-0.25, -0.2) is 4.79 Å². The Balaban J connectivity index is 1.52. The Bertz CT molecular complexity index is 1120. The van der Waals surface area contributed by atoms with Gasteiger partial charge in [-0.2, -0.15) is 9.78 Å². The summed E-state index contributed by atoms with van der Waals surface area (Å²) < 4.78 is 2.98. The highest BCUT2D eigenvalue weighted by Gasteiger charge is 2.14. The fraction of sp³-hybridized carbons (Fsp3) is 0. The van der Waals surface area contributed by atoms with Crippen LogP contribution < -0.4 is 4.84 Å². The average molecular weight is 488 g/mol. The summed E-state index contributed by atoms with van der Waals surface area (Å²) in [5, 5.41) is 8.16. The zero-order chi connectivity index (χ0) is 18.8. The van der Waals surface area contributed by atoms with Crippen molar-refractivity contribution < 1.29 is 9.63 Å². The zero-order valence-electron chi connectivity index (χ0n) is 13.8. The van der Waals surface area contributed by atoms with Crippen LogP contribution in [-0.4, -0.2) is 25.8 Å². The lowest BCUT2D eigenvalue weighted by Gasteiger charge is -2.02. The minimum Gasteiger partial charge on any atom is -0.297 e. The number of carbonyl (C=O) groups excluding carboxylic acids is 1. The number of benzene rings is 2. The van der Waals surface area contributed by atoms with Gasteiger partial charge >= 0.3 is 6.09 Å². The Morgan fingerprint density at radius 1 is 0.815 bits per heavy atom. The number of hydrogen-bond acceptors (Lipinski definition) is 4. The second-order valence-corrected chi connectivity index (χ2v) is 7.33. The molecule has 27 heavy (non-hydrogen) atoms. The lowest BCUT2D eigenvalue weighted by atomic mass is 10.1. The zero-order valence-corrected chi connectivity index (χ0v) is 17.0. The molecular weight excluding hydrogens is 476 g/mol. The van der Waals surface area contributed by atoms with Crippen molar-refractivity contribution in [3.05, 3.63) is 82.3 Å². The lowest BCUT2D eigenvalue weighted by molar-refractivity contribution is 0.114. The van der Waals surface area contributed by atoms with Crippen LogP contribution in [0.25, 0.3) is 22.3 Å². The summed E-state index contributed by atoms with van der Waals surface area (Å²) >= 11 is 6.99. The van der Waals surface area contributed by atoms with Gasteiger partial charge in [-0.15, -0.1) is 5.10 Å². The van der Waals surface area contributed by atoms with E-state index in [0.717, 1.165) is 40.7 Å². The van der Waals surface area contributed by atoms with Crippen molar-refractivity contribution in [1.29, 1.82) is 0 Å². The van der Waals surface area contributed by atoms with Crippen LogP contribution >= 0.6 is 31.9 Å². The molecule has 2 aromatic heterocycles. The molecule has 0 bridgehead atoms. The van der Waals surface area contributed by atoms with Gasteiger partial charge in [-0.3, -0.25) is 4.84 Å². The molecule has 0 aliphatic heterocycles. The van der Waals surface area contributed by atoms with Crippen LogP contribution in [0.1, 0.15) is 0 Å². The molecule has 4 aromatic rings. The Morgan fingerprint density at radius 2 is 1.37 bits per heavy atom. The van der Waals surface area contributed by atoms with E-state index in [0.29, 0.717) is 0 Å². The average Bonchev–Trinajstić information content (AvgIpc) is 3.32. The number of rotatable bonds is 3. The van der Waals surface area contributed by atoms with Crippen molar-refractivity contribution in [3.63, 3.8) is 0 Å². The highest BCUT2D eigenvalue weighted by atomic mass is 79.9. The number of hydrogen-bond donors (Lipinski definition) is 0. The predicted octanol–water partition coefficient (Wildman–Crippen LogP) is 5.04. The van der Waals surface area contributed by atoms with Gasteiger partial charge in [-0.05, 0) is 23.3 Å². The maximum Gasteiger partial charge on any atom is 0.460 e. The summed E-state index contributed by atoms with van der Waals surface area (Å²) in [7, 11) is 0. The molecule has 0 saturated carbocycles. The minimum atomic E-state index is -0.657. The molecule has 0 aliphatic carbocycles. The number of halogens is 2. The molecule has 0 amide bonds. The molecule has 0 spiro atoms. The third-order valence-corrected chi connectivity index (χ3v) is 5.25. The second-order valence-electron chi connectivity index (χ2n) is 5.62. The van der Waals surface area contributed by atoms with Crippen molar-refractivity contribution in [3.8, 4) is 22.3 Å². The van der Waals surface area contributed by atoms with Crippen LogP contribution in [0, 0.1) is 0 Å². The van der Waals surface area contributed by atoms with Gasteiger partial charge in [0.2, 0.25) is 0 Å². The third-order valence-electron chi connectivity index (χ3n) is 3.87. The fourth-order valence-electron chi connectivity index (χ4n) is 2.57. The number of carbonyl (C=O) groups is 1. The summed E-state index contributed by atoms with van der Waals surface area (Å²) in [4.78, 5) is 18.7. The van der Waals surface area contributed by atoms with Crippen LogP contribution in [0.4, 0.5) is 4.79 Å². The first-order chi connectivity index (χ1) is 13.1. The molecule has 0 N–H and O–H groups in total. The molecule has 0 unspecified atom stereocenters. The van der Waals surface area contributed by atoms with E-state index in [2.05, 4.69) is 42.1 Å². The second kappa shape index (κ2) is 7.50. The number of nitrogens with zero attached hydrogens (tertiary/aromatic N) is 4. The summed E-state index contributed by atoms with van der Waals surface area (Å²) in [5.74, 6) is 0. The highest BCUT2D eigenvalue weighted by Crippen LogP contribution is 2.28. The highest BCUT2D eigenvalue weighted by molar-refractivity contribution is 9.11. The topological polar surface area (TPSA) is 61.9 Å². The molecule has 0 fully saturated rings. The van der Waals surface area contributed by atoms with Gasteiger partial charge < -0.3 is 0 Å². The van der Waals surface area contributed by atoms with E-state index < -0.39 is 6.09 Å². The molecule has 6 nitrogen and oxygen atoms in total. The SMILES string of the molecule is O=C(On1cc(-c2ccccc2Br)cn1)n1cc(-c2ccccc2Br)cn1. The van der Waals surface area contributed by atoms with E-state index in [4.69, 9.17) is 4.84 Å².